The van der Waals surface area contributed by atoms with Gasteiger partial charge >= 0.3 is 0 Å². The smallest absolute Gasteiger partial charge is 0.162 e. The van der Waals surface area contributed by atoms with Crippen LogP contribution in [-0.2, 0) is 14.2 Å². The van der Waals surface area contributed by atoms with Crippen LogP contribution in [0.5, 0.6) is 0 Å². The summed E-state index contributed by atoms with van der Waals surface area (Å²) in [6.07, 6.45) is 0.567. The minimum Gasteiger partial charge on any atom is -0.396 e. The molecule has 4 nitrogen and oxygen atoms in total. The van der Waals surface area contributed by atoms with Crippen molar-refractivity contribution < 1.29 is 19.3 Å². The Kier molecular flexibility index (Phi) is 5.59. The van der Waals surface area contributed by atoms with Crippen LogP contribution in [0.25, 0.3) is 0 Å². The molecule has 1 fully saturated rings. The Morgan fingerprint density at radius 1 is 1.17 bits per heavy atom. The van der Waals surface area contributed by atoms with Gasteiger partial charge in [-0.2, -0.15) is 0 Å². The van der Waals surface area contributed by atoms with Crippen molar-refractivity contribution in [2.75, 3.05) is 20.8 Å². The summed E-state index contributed by atoms with van der Waals surface area (Å²) in [6, 6.07) is 0. The molecule has 4 heteroatoms. The number of methoxy groups -OCH3 is 2. The summed E-state index contributed by atoms with van der Waals surface area (Å²) in [4.78, 5) is 0. The molecule has 0 amide bonds. The predicted octanol–water partition coefficient (Wildman–Crippen LogP) is 2.05. The molecule has 1 heterocycles. The molecule has 0 spiro atoms. The molecule has 1 N–H and O–H groups in total. The molecule has 0 radical (unpaired) electrons. The van der Waals surface area contributed by atoms with Gasteiger partial charge in [0.05, 0.1) is 18.8 Å². The van der Waals surface area contributed by atoms with Crippen molar-refractivity contribution in [2.24, 2.45) is 17.3 Å². The zero-order valence-electron chi connectivity index (χ0n) is 12.5. The van der Waals surface area contributed by atoms with Crippen LogP contribution in [0.15, 0.2) is 0 Å². The second kappa shape index (κ2) is 6.33. The molecule has 18 heavy (non-hydrogen) atoms. The maximum Gasteiger partial charge on any atom is 0.162 e. The molecule has 1 saturated heterocycles. The third-order valence-electron chi connectivity index (χ3n) is 3.68. The molecule has 0 aromatic rings. The third kappa shape index (κ3) is 3.67. The van der Waals surface area contributed by atoms with Gasteiger partial charge in [-0.1, -0.05) is 27.7 Å². The summed E-state index contributed by atoms with van der Waals surface area (Å²) < 4.78 is 17.0. The van der Waals surface area contributed by atoms with Gasteiger partial charge in [0.15, 0.2) is 6.29 Å². The monoisotopic (exact) mass is 260 g/mol. The minimum absolute atomic E-state index is 0.00984. The van der Waals surface area contributed by atoms with Crippen LogP contribution in [0.1, 0.15) is 34.1 Å². The highest BCUT2D eigenvalue weighted by molar-refractivity contribution is 4.89. The molecule has 0 aromatic heterocycles. The first-order chi connectivity index (χ1) is 8.34. The van der Waals surface area contributed by atoms with E-state index >= 15 is 0 Å². The fourth-order valence-electron chi connectivity index (χ4n) is 2.84. The standard InChI is InChI=1S/C14H28O4/c1-9-12(16-5)10(8-15)11(7-14(2,3)4)18-13(9)17-6/h9-13,15H,7-8H2,1-6H3. The van der Waals surface area contributed by atoms with E-state index < -0.39 is 0 Å². The van der Waals surface area contributed by atoms with E-state index in [2.05, 4.69) is 20.8 Å². The number of hydrogen-bond donors (Lipinski definition) is 1. The highest BCUT2D eigenvalue weighted by Gasteiger charge is 2.44. The van der Waals surface area contributed by atoms with E-state index in [0.29, 0.717) is 0 Å². The number of aliphatic hydroxyl groups is 1. The van der Waals surface area contributed by atoms with Gasteiger partial charge in [0, 0.05) is 26.1 Å². The van der Waals surface area contributed by atoms with E-state index in [0.717, 1.165) is 6.42 Å². The van der Waals surface area contributed by atoms with Gasteiger partial charge in [0.25, 0.3) is 0 Å². The lowest BCUT2D eigenvalue weighted by Gasteiger charge is -2.45. The Hall–Kier alpha value is -0.160. The molecule has 1 aliphatic rings. The van der Waals surface area contributed by atoms with Crippen molar-refractivity contribution in [3.63, 3.8) is 0 Å². The molecule has 0 saturated carbocycles. The number of hydrogen-bond acceptors (Lipinski definition) is 4. The number of rotatable bonds is 4. The summed E-state index contributed by atoms with van der Waals surface area (Å²) in [5.74, 6) is 0.129. The average Bonchev–Trinajstić information content (AvgIpc) is 2.28. The van der Waals surface area contributed by atoms with Gasteiger partial charge in [-0.3, -0.25) is 0 Å². The summed E-state index contributed by atoms with van der Waals surface area (Å²) >= 11 is 0. The van der Waals surface area contributed by atoms with Crippen LogP contribution in [-0.4, -0.2) is 44.4 Å². The number of aliphatic hydroxyl groups excluding tert-OH is 1. The lowest BCUT2D eigenvalue weighted by Crippen LogP contribution is -2.53. The molecule has 5 unspecified atom stereocenters. The van der Waals surface area contributed by atoms with Crippen molar-refractivity contribution >= 4 is 0 Å². The molecule has 0 bridgehead atoms. The lowest BCUT2D eigenvalue weighted by atomic mass is 9.78. The van der Waals surface area contributed by atoms with Crippen molar-refractivity contribution in [3.8, 4) is 0 Å². The molecular weight excluding hydrogens is 232 g/mol. The predicted molar refractivity (Wildman–Crippen MR) is 70.3 cm³/mol. The molecule has 108 valence electrons. The van der Waals surface area contributed by atoms with Crippen molar-refractivity contribution in [3.05, 3.63) is 0 Å². The van der Waals surface area contributed by atoms with Crippen molar-refractivity contribution in [1.29, 1.82) is 0 Å². The summed E-state index contributed by atoms with van der Waals surface area (Å²) in [5.41, 5.74) is 0.148. The van der Waals surface area contributed by atoms with Crippen LogP contribution in [0, 0.1) is 17.3 Å². The Morgan fingerprint density at radius 2 is 1.78 bits per heavy atom. The maximum atomic E-state index is 9.64. The van der Waals surface area contributed by atoms with Gasteiger partial charge in [-0.25, -0.2) is 0 Å². The third-order valence-corrected chi connectivity index (χ3v) is 3.68. The minimum atomic E-state index is -0.259. The van der Waals surface area contributed by atoms with Crippen LogP contribution < -0.4 is 0 Å². The first-order valence-corrected chi connectivity index (χ1v) is 6.66. The van der Waals surface area contributed by atoms with Crippen molar-refractivity contribution in [1.82, 2.24) is 0 Å². The van der Waals surface area contributed by atoms with Gasteiger partial charge < -0.3 is 19.3 Å². The van der Waals surface area contributed by atoms with E-state index in [9.17, 15) is 5.11 Å². The van der Waals surface area contributed by atoms with E-state index in [-0.39, 0.29) is 42.4 Å². The van der Waals surface area contributed by atoms with Crippen LogP contribution in [0.4, 0.5) is 0 Å². The van der Waals surface area contributed by atoms with Crippen LogP contribution in [0.2, 0.25) is 0 Å². The fraction of sp³-hybridized carbons (Fsp3) is 1.00. The average molecular weight is 260 g/mol. The van der Waals surface area contributed by atoms with Gasteiger partial charge in [0.2, 0.25) is 0 Å². The molecule has 1 aliphatic heterocycles. The first-order valence-electron chi connectivity index (χ1n) is 6.66. The topological polar surface area (TPSA) is 47.9 Å². The van der Waals surface area contributed by atoms with Crippen LogP contribution >= 0.6 is 0 Å². The van der Waals surface area contributed by atoms with E-state index in [1.165, 1.54) is 0 Å². The van der Waals surface area contributed by atoms with E-state index in [1.807, 2.05) is 6.92 Å². The maximum absolute atomic E-state index is 9.64. The SMILES string of the molecule is COC1OC(CC(C)(C)C)C(CO)C(OC)C1C. The van der Waals surface area contributed by atoms with Gasteiger partial charge in [-0.05, 0) is 11.8 Å². The second-order valence-corrected chi connectivity index (χ2v) is 6.45. The quantitative estimate of drug-likeness (QED) is 0.840. The fourth-order valence-corrected chi connectivity index (χ4v) is 2.84. The Labute approximate surface area is 111 Å². The highest BCUT2D eigenvalue weighted by Crippen LogP contribution is 2.37. The molecule has 5 atom stereocenters. The molecule has 0 aromatic carbocycles. The Bertz CT molecular complexity index is 249. The van der Waals surface area contributed by atoms with Crippen molar-refractivity contribution in [2.45, 2.75) is 52.6 Å². The second-order valence-electron chi connectivity index (χ2n) is 6.45. The zero-order chi connectivity index (χ0) is 13.9. The number of ether oxygens (including phenoxy) is 3. The molecule has 1 rings (SSSR count). The Morgan fingerprint density at radius 3 is 2.17 bits per heavy atom. The molecular formula is C14H28O4. The van der Waals surface area contributed by atoms with Gasteiger partial charge in [-0.15, -0.1) is 0 Å². The highest BCUT2D eigenvalue weighted by atomic mass is 16.7. The van der Waals surface area contributed by atoms with Gasteiger partial charge in [0.1, 0.15) is 0 Å². The normalized spacial score (nSPS) is 37.8. The Balaban J connectivity index is 2.86. The summed E-state index contributed by atoms with van der Waals surface area (Å²) in [5, 5.41) is 9.64. The van der Waals surface area contributed by atoms with E-state index in [1.54, 1.807) is 14.2 Å². The summed E-state index contributed by atoms with van der Waals surface area (Å²) in [7, 11) is 3.34. The van der Waals surface area contributed by atoms with Crippen LogP contribution in [0.3, 0.4) is 0 Å². The molecule has 0 aliphatic carbocycles. The first kappa shape index (κ1) is 15.9. The zero-order valence-corrected chi connectivity index (χ0v) is 12.5. The van der Waals surface area contributed by atoms with E-state index in [4.69, 9.17) is 14.2 Å². The largest absolute Gasteiger partial charge is 0.396 e. The summed E-state index contributed by atoms with van der Waals surface area (Å²) in [6.45, 7) is 8.64. The lowest BCUT2D eigenvalue weighted by molar-refractivity contribution is -0.268.